The summed E-state index contributed by atoms with van der Waals surface area (Å²) >= 11 is 0. The van der Waals surface area contributed by atoms with E-state index < -0.39 is 6.04 Å². The first-order chi connectivity index (χ1) is 9.50. The van der Waals surface area contributed by atoms with Crippen LogP contribution in [-0.2, 0) is 16.0 Å². The van der Waals surface area contributed by atoms with Crippen molar-refractivity contribution in [3.63, 3.8) is 0 Å². The van der Waals surface area contributed by atoms with Crippen LogP contribution in [-0.4, -0.2) is 35.8 Å². The van der Waals surface area contributed by atoms with E-state index in [9.17, 15) is 14.0 Å². The summed E-state index contributed by atoms with van der Waals surface area (Å²) < 4.78 is 13.6. The van der Waals surface area contributed by atoms with Gasteiger partial charge in [0.15, 0.2) is 0 Å². The van der Waals surface area contributed by atoms with E-state index in [0.717, 1.165) is 0 Å². The highest BCUT2D eigenvalue weighted by atomic mass is 19.1. The minimum Gasteiger partial charge on any atom is -0.345 e. The predicted octanol–water partition coefficient (Wildman–Crippen LogP) is 1.35. The van der Waals surface area contributed by atoms with Crippen molar-refractivity contribution in [3.8, 4) is 0 Å². The van der Waals surface area contributed by atoms with Crippen LogP contribution in [0.1, 0.15) is 19.4 Å². The third kappa shape index (κ3) is 2.98. The van der Waals surface area contributed by atoms with Gasteiger partial charge in [0.1, 0.15) is 11.9 Å². The third-order valence-electron chi connectivity index (χ3n) is 3.55. The van der Waals surface area contributed by atoms with Crippen LogP contribution in [0.15, 0.2) is 24.3 Å². The normalized spacial score (nSPS) is 19.4. The number of benzene rings is 1. The second-order valence-corrected chi connectivity index (χ2v) is 5.34. The Balaban J connectivity index is 2.11. The molecule has 5 heteroatoms. The molecule has 1 aliphatic rings. The highest BCUT2D eigenvalue weighted by Gasteiger charge is 2.36. The van der Waals surface area contributed by atoms with Crippen LogP contribution in [0.25, 0.3) is 0 Å². The lowest BCUT2D eigenvalue weighted by Crippen LogP contribution is -2.60. The Labute approximate surface area is 118 Å². The molecule has 2 amide bonds. The topological polar surface area (TPSA) is 49.4 Å². The monoisotopic (exact) mass is 278 g/mol. The number of hydrogen-bond donors (Lipinski definition) is 1. The smallest absolute Gasteiger partial charge is 0.243 e. The van der Waals surface area contributed by atoms with Crippen LogP contribution in [0.5, 0.6) is 0 Å². The fourth-order valence-electron chi connectivity index (χ4n) is 2.53. The molecule has 1 saturated heterocycles. The summed E-state index contributed by atoms with van der Waals surface area (Å²) in [5.41, 5.74) is 0.564. The van der Waals surface area contributed by atoms with Crippen LogP contribution >= 0.6 is 0 Å². The fraction of sp³-hybridized carbons (Fsp3) is 0.467. The van der Waals surface area contributed by atoms with Gasteiger partial charge in [0.25, 0.3) is 0 Å². The van der Waals surface area contributed by atoms with Crippen LogP contribution in [0.2, 0.25) is 0 Å². The van der Waals surface area contributed by atoms with Gasteiger partial charge < -0.3 is 10.2 Å². The number of nitrogens with one attached hydrogen (secondary N) is 1. The van der Waals surface area contributed by atoms with Gasteiger partial charge in [-0.05, 0) is 24.0 Å². The molecule has 1 N–H and O–H groups in total. The number of carbonyl (C=O) groups excluding carboxylic acids is 2. The lowest BCUT2D eigenvalue weighted by atomic mass is 9.98. The van der Waals surface area contributed by atoms with E-state index >= 15 is 0 Å². The summed E-state index contributed by atoms with van der Waals surface area (Å²) in [6.45, 7) is 4.19. The van der Waals surface area contributed by atoms with Crippen LogP contribution in [0.4, 0.5) is 4.39 Å². The number of amides is 2. The molecule has 1 fully saturated rings. The molecule has 1 unspecified atom stereocenters. The van der Waals surface area contributed by atoms with Gasteiger partial charge in [-0.2, -0.15) is 0 Å². The zero-order valence-corrected chi connectivity index (χ0v) is 11.7. The summed E-state index contributed by atoms with van der Waals surface area (Å²) in [6.07, 6.45) is 0.412. The number of piperazine rings is 1. The van der Waals surface area contributed by atoms with Gasteiger partial charge >= 0.3 is 0 Å². The molecule has 0 radical (unpaired) electrons. The number of halogens is 1. The second kappa shape index (κ2) is 6.03. The van der Waals surface area contributed by atoms with Crippen LogP contribution in [0, 0.1) is 11.7 Å². The maximum atomic E-state index is 13.6. The molecule has 1 aliphatic heterocycles. The van der Waals surface area contributed by atoms with E-state index in [2.05, 4.69) is 5.32 Å². The molecule has 1 heterocycles. The van der Waals surface area contributed by atoms with Gasteiger partial charge in [-0.15, -0.1) is 0 Å². The summed E-state index contributed by atoms with van der Waals surface area (Å²) in [7, 11) is 0. The maximum Gasteiger partial charge on any atom is 0.243 e. The highest BCUT2D eigenvalue weighted by molar-refractivity contribution is 5.94. The Bertz CT molecular complexity index is 516. The van der Waals surface area contributed by atoms with E-state index in [-0.39, 0.29) is 30.1 Å². The number of rotatable bonds is 4. The molecule has 1 aromatic rings. The van der Waals surface area contributed by atoms with E-state index in [1.54, 1.807) is 23.1 Å². The number of carbonyl (C=O) groups is 2. The maximum absolute atomic E-state index is 13.6. The van der Waals surface area contributed by atoms with Gasteiger partial charge in [-0.25, -0.2) is 4.39 Å². The summed E-state index contributed by atoms with van der Waals surface area (Å²) in [4.78, 5) is 25.4. The standard InChI is InChI=1S/C15H19FN2O2/c1-10(2)14-15(20)17-9-13(19)18(14)8-7-11-5-3-4-6-12(11)16/h3-6,10,14H,7-9H2,1-2H3,(H,17,20). The molecule has 4 nitrogen and oxygen atoms in total. The molecule has 20 heavy (non-hydrogen) atoms. The molecule has 0 bridgehead atoms. The van der Waals surface area contributed by atoms with Crippen molar-refractivity contribution in [1.29, 1.82) is 0 Å². The largest absolute Gasteiger partial charge is 0.345 e. The van der Waals surface area contributed by atoms with E-state index in [0.29, 0.717) is 18.5 Å². The van der Waals surface area contributed by atoms with Crippen molar-refractivity contribution in [1.82, 2.24) is 10.2 Å². The van der Waals surface area contributed by atoms with Crippen molar-refractivity contribution in [2.45, 2.75) is 26.3 Å². The van der Waals surface area contributed by atoms with Crippen molar-refractivity contribution >= 4 is 11.8 Å². The van der Waals surface area contributed by atoms with Crippen molar-refractivity contribution in [3.05, 3.63) is 35.6 Å². The first-order valence-electron chi connectivity index (χ1n) is 6.81. The van der Waals surface area contributed by atoms with Gasteiger partial charge in [0, 0.05) is 6.54 Å². The zero-order valence-electron chi connectivity index (χ0n) is 11.7. The summed E-state index contributed by atoms with van der Waals surface area (Å²) in [6, 6.07) is 6.04. The lowest BCUT2D eigenvalue weighted by molar-refractivity contribution is -0.147. The van der Waals surface area contributed by atoms with E-state index in [1.807, 2.05) is 13.8 Å². The Kier molecular flexibility index (Phi) is 4.37. The van der Waals surface area contributed by atoms with Crippen LogP contribution in [0.3, 0.4) is 0 Å². The van der Waals surface area contributed by atoms with E-state index in [1.165, 1.54) is 6.07 Å². The zero-order chi connectivity index (χ0) is 14.7. The molecule has 2 rings (SSSR count). The van der Waals surface area contributed by atoms with Crippen LogP contribution < -0.4 is 5.32 Å². The quantitative estimate of drug-likeness (QED) is 0.904. The number of hydrogen-bond acceptors (Lipinski definition) is 2. The Morgan fingerprint density at radius 2 is 2.05 bits per heavy atom. The average Bonchev–Trinajstić information content (AvgIpc) is 2.40. The lowest BCUT2D eigenvalue weighted by Gasteiger charge is -2.37. The molecule has 0 spiro atoms. The molecular weight excluding hydrogens is 259 g/mol. The second-order valence-electron chi connectivity index (χ2n) is 5.34. The minimum atomic E-state index is -0.469. The average molecular weight is 278 g/mol. The van der Waals surface area contributed by atoms with Gasteiger partial charge in [-0.3, -0.25) is 9.59 Å². The summed E-state index contributed by atoms with van der Waals surface area (Å²) in [5.74, 6) is -0.491. The molecule has 0 saturated carbocycles. The number of nitrogens with zero attached hydrogens (tertiary/aromatic N) is 1. The Hall–Kier alpha value is -1.91. The van der Waals surface area contributed by atoms with Crippen molar-refractivity contribution < 1.29 is 14.0 Å². The molecule has 1 aromatic carbocycles. The minimum absolute atomic E-state index is 0.0271. The molecule has 1 atom stereocenters. The van der Waals surface area contributed by atoms with Crippen molar-refractivity contribution in [2.24, 2.45) is 5.92 Å². The molecule has 108 valence electrons. The van der Waals surface area contributed by atoms with Gasteiger partial charge in [0.05, 0.1) is 6.54 Å². The predicted molar refractivity (Wildman–Crippen MR) is 73.5 cm³/mol. The summed E-state index contributed by atoms with van der Waals surface area (Å²) in [5, 5.41) is 2.60. The molecular formula is C15H19FN2O2. The van der Waals surface area contributed by atoms with Crippen molar-refractivity contribution in [2.75, 3.05) is 13.1 Å². The van der Waals surface area contributed by atoms with Gasteiger partial charge in [0.2, 0.25) is 11.8 Å². The Morgan fingerprint density at radius 3 is 2.70 bits per heavy atom. The first-order valence-corrected chi connectivity index (χ1v) is 6.81. The van der Waals surface area contributed by atoms with Gasteiger partial charge in [-0.1, -0.05) is 32.0 Å². The van der Waals surface area contributed by atoms with E-state index in [4.69, 9.17) is 0 Å². The molecule has 0 aliphatic carbocycles. The Morgan fingerprint density at radius 1 is 1.35 bits per heavy atom. The third-order valence-corrected chi connectivity index (χ3v) is 3.55. The SMILES string of the molecule is CC(C)C1C(=O)NCC(=O)N1CCc1ccccc1F. The highest BCUT2D eigenvalue weighted by Crippen LogP contribution is 2.16. The molecule has 0 aromatic heterocycles. The fourth-order valence-corrected chi connectivity index (χ4v) is 2.53. The first kappa shape index (κ1) is 14.5.